The lowest BCUT2D eigenvalue weighted by molar-refractivity contribution is -0.150. The van der Waals surface area contributed by atoms with Crippen LogP contribution in [-0.4, -0.2) is 24.1 Å². The largest absolute Gasteiger partial charge is 0.464 e. The average molecular weight is 274 g/mol. The first-order valence-corrected chi connectivity index (χ1v) is 6.63. The fourth-order valence-electron chi connectivity index (χ4n) is 2.14. The number of anilines is 1. The molecule has 0 aliphatic heterocycles. The minimum absolute atomic E-state index is 0.294. The standard InChI is InChI=1S/C15H18N2O3/c1-2-20-13(18)15(10-6-7-11-15)17-14(19)16-12-8-4-3-5-9-12/h3-9H,2,10-11H2,1H3,(H2,16,17,19). The van der Waals surface area contributed by atoms with Crippen molar-refractivity contribution in [1.82, 2.24) is 5.32 Å². The minimum atomic E-state index is -0.977. The summed E-state index contributed by atoms with van der Waals surface area (Å²) in [5, 5.41) is 5.44. The van der Waals surface area contributed by atoms with Gasteiger partial charge in [-0.2, -0.15) is 0 Å². The third-order valence-corrected chi connectivity index (χ3v) is 3.15. The van der Waals surface area contributed by atoms with Crippen molar-refractivity contribution in [3.05, 3.63) is 42.5 Å². The lowest BCUT2D eigenvalue weighted by Gasteiger charge is -2.27. The van der Waals surface area contributed by atoms with Gasteiger partial charge in [-0.25, -0.2) is 9.59 Å². The van der Waals surface area contributed by atoms with Gasteiger partial charge >= 0.3 is 12.0 Å². The summed E-state index contributed by atoms with van der Waals surface area (Å²) in [6, 6.07) is 8.67. The van der Waals surface area contributed by atoms with Crippen LogP contribution in [0.4, 0.5) is 10.5 Å². The Bertz CT molecular complexity index is 503. The van der Waals surface area contributed by atoms with E-state index in [1.54, 1.807) is 19.1 Å². The Labute approximate surface area is 118 Å². The van der Waals surface area contributed by atoms with Gasteiger partial charge in [-0.05, 0) is 31.9 Å². The van der Waals surface area contributed by atoms with Gasteiger partial charge < -0.3 is 15.4 Å². The third-order valence-electron chi connectivity index (χ3n) is 3.15. The maximum Gasteiger partial charge on any atom is 0.332 e. The Morgan fingerprint density at radius 1 is 1.20 bits per heavy atom. The number of rotatable bonds is 4. The molecule has 0 saturated heterocycles. The van der Waals surface area contributed by atoms with E-state index in [-0.39, 0.29) is 0 Å². The average Bonchev–Trinajstić information content (AvgIpc) is 2.90. The first-order valence-electron chi connectivity index (χ1n) is 6.63. The Balaban J connectivity index is 2.01. The van der Waals surface area contributed by atoms with Gasteiger partial charge in [-0.1, -0.05) is 30.4 Å². The number of ether oxygens (including phenoxy) is 1. The van der Waals surface area contributed by atoms with Gasteiger partial charge in [0.05, 0.1) is 6.61 Å². The number of carbonyl (C=O) groups excluding carboxylic acids is 2. The number of para-hydroxylation sites is 1. The molecule has 2 N–H and O–H groups in total. The Hall–Kier alpha value is -2.30. The van der Waals surface area contributed by atoms with Gasteiger partial charge in [0, 0.05) is 5.69 Å². The fourth-order valence-corrected chi connectivity index (χ4v) is 2.14. The zero-order chi connectivity index (χ0) is 14.4. The first kappa shape index (κ1) is 14.1. The smallest absolute Gasteiger partial charge is 0.332 e. The topological polar surface area (TPSA) is 67.4 Å². The molecule has 2 rings (SSSR count). The second-order valence-corrected chi connectivity index (χ2v) is 4.63. The monoisotopic (exact) mass is 274 g/mol. The summed E-state index contributed by atoms with van der Waals surface area (Å²) >= 11 is 0. The van der Waals surface area contributed by atoms with E-state index in [0.29, 0.717) is 25.1 Å². The van der Waals surface area contributed by atoms with E-state index in [4.69, 9.17) is 4.74 Å². The molecular weight excluding hydrogens is 256 g/mol. The van der Waals surface area contributed by atoms with Crippen LogP contribution in [0.5, 0.6) is 0 Å². The normalized spacial score (nSPS) is 15.7. The number of urea groups is 1. The van der Waals surface area contributed by atoms with Crippen molar-refractivity contribution in [1.29, 1.82) is 0 Å². The number of hydrogen-bond acceptors (Lipinski definition) is 3. The van der Waals surface area contributed by atoms with Crippen LogP contribution < -0.4 is 10.6 Å². The molecule has 0 spiro atoms. The molecule has 0 saturated carbocycles. The highest BCUT2D eigenvalue weighted by Crippen LogP contribution is 2.25. The fraction of sp³-hybridized carbons (Fsp3) is 0.333. The van der Waals surface area contributed by atoms with Gasteiger partial charge in [0.1, 0.15) is 5.54 Å². The highest BCUT2D eigenvalue weighted by Gasteiger charge is 2.41. The van der Waals surface area contributed by atoms with E-state index in [9.17, 15) is 9.59 Å². The van der Waals surface area contributed by atoms with E-state index in [2.05, 4.69) is 10.6 Å². The SMILES string of the molecule is CCOC(=O)C1(NC(=O)Nc2ccccc2)CC=CC1. The van der Waals surface area contributed by atoms with Crippen LogP contribution >= 0.6 is 0 Å². The number of amides is 2. The first-order chi connectivity index (χ1) is 9.66. The van der Waals surface area contributed by atoms with E-state index in [1.165, 1.54) is 0 Å². The molecule has 1 aliphatic carbocycles. The molecular formula is C15H18N2O3. The number of nitrogens with one attached hydrogen (secondary N) is 2. The molecule has 1 aliphatic rings. The zero-order valence-corrected chi connectivity index (χ0v) is 11.4. The zero-order valence-electron chi connectivity index (χ0n) is 11.4. The van der Waals surface area contributed by atoms with Gasteiger partial charge in [0.15, 0.2) is 0 Å². The van der Waals surface area contributed by atoms with Crippen molar-refractivity contribution in [3.8, 4) is 0 Å². The lowest BCUT2D eigenvalue weighted by atomic mass is 9.97. The summed E-state index contributed by atoms with van der Waals surface area (Å²) < 4.78 is 5.06. The van der Waals surface area contributed by atoms with E-state index < -0.39 is 17.5 Å². The number of esters is 1. The van der Waals surface area contributed by atoms with Gasteiger partial charge in [-0.3, -0.25) is 0 Å². The molecule has 0 atom stereocenters. The molecule has 5 heteroatoms. The predicted molar refractivity (Wildman–Crippen MR) is 76.3 cm³/mol. The molecule has 0 unspecified atom stereocenters. The second kappa shape index (κ2) is 6.23. The minimum Gasteiger partial charge on any atom is -0.464 e. The third kappa shape index (κ3) is 3.17. The van der Waals surface area contributed by atoms with Crippen LogP contribution in [0.15, 0.2) is 42.5 Å². The van der Waals surface area contributed by atoms with Crippen LogP contribution in [0, 0.1) is 0 Å². The highest BCUT2D eigenvalue weighted by molar-refractivity contribution is 5.94. The molecule has 106 valence electrons. The van der Waals surface area contributed by atoms with Crippen molar-refractivity contribution >= 4 is 17.7 Å². The molecule has 0 heterocycles. The molecule has 0 radical (unpaired) electrons. The van der Waals surface area contributed by atoms with E-state index in [1.807, 2.05) is 30.4 Å². The van der Waals surface area contributed by atoms with Gasteiger partial charge in [0.2, 0.25) is 0 Å². The Morgan fingerprint density at radius 2 is 1.85 bits per heavy atom. The maximum atomic E-state index is 12.1. The van der Waals surface area contributed by atoms with E-state index >= 15 is 0 Å². The van der Waals surface area contributed by atoms with Crippen LogP contribution in [-0.2, 0) is 9.53 Å². The lowest BCUT2D eigenvalue weighted by Crippen LogP contribution is -2.54. The van der Waals surface area contributed by atoms with Crippen molar-refractivity contribution < 1.29 is 14.3 Å². The van der Waals surface area contributed by atoms with E-state index in [0.717, 1.165) is 0 Å². The van der Waals surface area contributed by atoms with Crippen molar-refractivity contribution in [2.24, 2.45) is 0 Å². The molecule has 5 nitrogen and oxygen atoms in total. The predicted octanol–water partition coefficient (Wildman–Crippen LogP) is 2.46. The number of benzene rings is 1. The summed E-state index contributed by atoms with van der Waals surface area (Å²) in [7, 11) is 0. The summed E-state index contributed by atoms with van der Waals surface area (Å²) in [6.45, 7) is 2.04. The molecule has 20 heavy (non-hydrogen) atoms. The summed E-state index contributed by atoms with van der Waals surface area (Å²) in [6.07, 6.45) is 4.65. The van der Waals surface area contributed by atoms with Crippen molar-refractivity contribution in [3.63, 3.8) is 0 Å². The van der Waals surface area contributed by atoms with Gasteiger partial charge in [0.25, 0.3) is 0 Å². The quantitative estimate of drug-likeness (QED) is 0.654. The van der Waals surface area contributed by atoms with Gasteiger partial charge in [-0.15, -0.1) is 0 Å². The van der Waals surface area contributed by atoms with Crippen LogP contribution in [0.1, 0.15) is 19.8 Å². The summed E-state index contributed by atoms with van der Waals surface area (Å²) in [5.74, 6) is -0.395. The summed E-state index contributed by atoms with van der Waals surface area (Å²) in [5.41, 5.74) is -0.301. The van der Waals surface area contributed by atoms with Crippen LogP contribution in [0.25, 0.3) is 0 Å². The maximum absolute atomic E-state index is 12.1. The Morgan fingerprint density at radius 3 is 2.45 bits per heavy atom. The summed E-state index contributed by atoms with van der Waals surface area (Å²) in [4.78, 5) is 24.1. The number of carbonyl (C=O) groups is 2. The highest BCUT2D eigenvalue weighted by atomic mass is 16.5. The molecule has 0 aromatic heterocycles. The van der Waals surface area contributed by atoms with Crippen LogP contribution in [0.3, 0.4) is 0 Å². The Kier molecular flexibility index (Phi) is 4.40. The molecule has 0 bridgehead atoms. The molecule has 1 aromatic rings. The van der Waals surface area contributed by atoms with Crippen LogP contribution in [0.2, 0.25) is 0 Å². The molecule has 2 amide bonds. The van der Waals surface area contributed by atoms with Crippen molar-refractivity contribution in [2.75, 3.05) is 11.9 Å². The molecule has 0 fully saturated rings. The second-order valence-electron chi connectivity index (χ2n) is 4.63. The molecule has 1 aromatic carbocycles. The van der Waals surface area contributed by atoms with Crippen molar-refractivity contribution in [2.45, 2.75) is 25.3 Å². The number of hydrogen-bond donors (Lipinski definition) is 2.